The first-order chi connectivity index (χ1) is 24.7. The molecule has 1 aliphatic rings. The van der Waals surface area contributed by atoms with Crippen LogP contribution in [-0.4, -0.2) is 32.8 Å². The van der Waals surface area contributed by atoms with Crippen LogP contribution in [0.4, 0.5) is 0 Å². The number of hydrogen-bond acceptors (Lipinski definition) is 7. The second-order valence-electron chi connectivity index (χ2n) is 12.0. The van der Waals surface area contributed by atoms with Gasteiger partial charge in [0.25, 0.3) is 0 Å². The van der Waals surface area contributed by atoms with Crippen LogP contribution in [0.2, 0.25) is 0 Å². The molecule has 50 heavy (non-hydrogen) atoms. The number of nitrogens with zero attached hydrogens (tertiary/aromatic N) is 4. The zero-order valence-corrected chi connectivity index (χ0v) is 28.7. The van der Waals surface area contributed by atoms with Gasteiger partial charge in [-0.1, -0.05) is 97.1 Å². The fourth-order valence-corrected chi connectivity index (χ4v) is 8.48. The number of rotatable bonds is 8. The van der Waals surface area contributed by atoms with Gasteiger partial charge in [-0.25, -0.2) is 9.97 Å². The molecular weight excluding hydrogens is 657 g/mol. The minimum Gasteiger partial charge on any atom is -0.454 e. The second-order valence-corrected chi connectivity index (χ2v) is 14.2. The van der Waals surface area contributed by atoms with Crippen LogP contribution in [0, 0.1) is 0 Å². The molecule has 0 bridgehead atoms. The van der Waals surface area contributed by atoms with E-state index in [-0.39, 0.29) is 6.79 Å². The molecule has 4 heterocycles. The fraction of sp³-hybridized carbons (Fsp3) is 0.0714. The summed E-state index contributed by atoms with van der Waals surface area (Å²) in [5.41, 5.74) is 8.06. The van der Waals surface area contributed by atoms with Crippen molar-refractivity contribution in [1.82, 2.24) is 19.7 Å². The SMILES string of the molecule is CSc1ccc(-c2ncnc3ccc(-c4cn(C(c5ccccc5)(c5ccccc5)c5ccccc5)nc4-c4ccc5c(c4)OCO5)cc23)s1. The Kier molecular flexibility index (Phi) is 7.67. The molecule has 9 rings (SSSR count). The molecule has 0 aliphatic carbocycles. The van der Waals surface area contributed by atoms with Gasteiger partial charge >= 0.3 is 0 Å². The molecule has 0 spiro atoms. The van der Waals surface area contributed by atoms with Crippen LogP contribution in [0.1, 0.15) is 16.7 Å². The lowest BCUT2D eigenvalue weighted by molar-refractivity contribution is 0.174. The van der Waals surface area contributed by atoms with Gasteiger partial charge in [0.05, 0.1) is 20.3 Å². The molecule has 0 amide bonds. The van der Waals surface area contributed by atoms with Gasteiger partial charge in [0.2, 0.25) is 6.79 Å². The molecule has 0 atom stereocenters. The van der Waals surface area contributed by atoms with Gasteiger partial charge in [0.1, 0.15) is 17.6 Å². The highest BCUT2D eigenvalue weighted by Gasteiger charge is 2.40. The van der Waals surface area contributed by atoms with E-state index in [1.54, 1.807) is 29.4 Å². The summed E-state index contributed by atoms with van der Waals surface area (Å²) in [4.78, 5) is 10.5. The van der Waals surface area contributed by atoms with Crippen molar-refractivity contribution in [3.8, 4) is 44.5 Å². The third-order valence-corrected chi connectivity index (χ3v) is 11.4. The molecule has 8 aromatic rings. The molecule has 0 N–H and O–H groups in total. The Morgan fingerprint density at radius 3 is 1.98 bits per heavy atom. The first-order valence-electron chi connectivity index (χ1n) is 16.3. The highest BCUT2D eigenvalue weighted by molar-refractivity contribution is 8.00. The quantitative estimate of drug-likeness (QED) is 0.117. The zero-order valence-electron chi connectivity index (χ0n) is 27.1. The number of benzene rings is 5. The van der Waals surface area contributed by atoms with E-state index in [0.29, 0.717) is 5.75 Å². The molecule has 8 heteroatoms. The van der Waals surface area contributed by atoms with E-state index in [1.165, 1.54) is 4.21 Å². The maximum atomic E-state index is 5.85. The van der Waals surface area contributed by atoms with Crippen molar-refractivity contribution in [1.29, 1.82) is 0 Å². The van der Waals surface area contributed by atoms with Crippen molar-refractivity contribution in [2.45, 2.75) is 9.75 Å². The summed E-state index contributed by atoms with van der Waals surface area (Å²) < 4.78 is 14.9. The summed E-state index contributed by atoms with van der Waals surface area (Å²) in [5, 5.41) is 6.54. The summed E-state index contributed by atoms with van der Waals surface area (Å²) in [6.07, 6.45) is 5.94. The van der Waals surface area contributed by atoms with E-state index < -0.39 is 5.54 Å². The van der Waals surface area contributed by atoms with Gasteiger partial charge in [0.15, 0.2) is 11.5 Å². The summed E-state index contributed by atoms with van der Waals surface area (Å²) in [7, 11) is 0. The average Bonchev–Trinajstić information content (AvgIpc) is 3.96. The van der Waals surface area contributed by atoms with Crippen LogP contribution in [0.3, 0.4) is 0 Å². The maximum Gasteiger partial charge on any atom is 0.231 e. The minimum atomic E-state index is -0.788. The molecule has 0 fully saturated rings. The number of ether oxygens (including phenoxy) is 2. The van der Waals surface area contributed by atoms with Crippen LogP contribution in [0.25, 0.3) is 43.9 Å². The first kappa shape index (κ1) is 30.4. The summed E-state index contributed by atoms with van der Waals surface area (Å²) >= 11 is 3.49. The third kappa shape index (κ3) is 5.07. The lowest BCUT2D eigenvalue weighted by Gasteiger charge is -2.36. The summed E-state index contributed by atoms with van der Waals surface area (Å²) in [6, 6.07) is 48.6. The second kappa shape index (κ2) is 12.6. The van der Waals surface area contributed by atoms with Crippen molar-refractivity contribution in [2.24, 2.45) is 0 Å². The van der Waals surface area contributed by atoms with Gasteiger partial charge in [0, 0.05) is 22.7 Å². The Morgan fingerprint density at radius 2 is 1.32 bits per heavy atom. The van der Waals surface area contributed by atoms with E-state index in [1.807, 2.05) is 12.1 Å². The fourth-order valence-electron chi connectivity index (χ4n) is 6.93. The largest absolute Gasteiger partial charge is 0.454 e. The standard InChI is InChI=1S/C42H30N4O2S2/c1-49-39-22-21-38(50-39)41-33-23-28(17-19-35(33)43-26-44-41)34-25-46(45-40(34)29-18-20-36-37(24-29)48-27-47-36)42(30-11-5-2-6-12-30,31-13-7-3-8-14-31)32-15-9-4-10-16-32/h2-26H,27H2,1H3. The topological polar surface area (TPSA) is 62.1 Å². The Bertz CT molecular complexity index is 2360. The van der Waals surface area contributed by atoms with Gasteiger partial charge in [-0.3, -0.25) is 4.68 Å². The molecule has 0 saturated carbocycles. The summed E-state index contributed by atoms with van der Waals surface area (Å²) in [5.74, 6) is 1.44. The molecule has 6 nitrogen and oxygen atoms in total. The molecule has 3 aromatic heterocycles. The van der Waals surface area contributed by atoms with Crippen molar-refractivity contribution >= 4 is 34.0 Å². The van der Waals surface area contributed by atoms with Gasteiger partial charge in [-0.15, -0.1) is 23.1 Å². The number of thioether (sulfide) groups is 1. The lowest BCUT2D eigenvalue weighted by atomic mass is 9.77. The van der Waals surface area contributed by atoms with Crippen molar-refractivity contribution in [3.05, 3.63) is 169 Å². The lowest BCUT2D eigenvalue weighted by Crippen LogP contribution is -2.38. The van der Waals surface area contributed by atoms with Crippen LogP contribution in [0.15, 0.2) is 156 Å². The Balaban J connectivity index is 1.34. The smallest absolute Gasteiger partial charge is 0.231 e. The van der Waals surface area contributed by atoms with E-state index >= 15 is 0 Å². The Morgan fingerprint density at radius 1 is 0.660 bits per heavy atom. The van der Waals surface area contributed by atoms with E-state index in [4.69, 9.17) is 19.6 Å². The highest BCUT2D eigenvalue weighted by atomic mass is 32.2. The molecule has 5 aromatic carbocycles. The minimum absolute atomic E-state index is 0.202. The van der Waals surface area contributed by atoms with Crippen LogP contribution < -0.4 is 9.47 Å². The molecule has 0 unspecified atom stereocenters. The maximum absolute atomic E-state index is 5.85. The summed E-state index contributed by atoms with van der Waals surface area (Å²) in [6.45, 7) is 0.202. The third-order valence-electron chi connectivity index (χ3n) is 9.24. The van der Waals surface area contributed by atoms with Crippen molar-refractivity contribution in [3.63, 3.8) is 0 Å². The molecular formula is C42H30N4O2S2. The van der Waals surface area contributed by atoms with Gasteiger partial charge in [-0.05, 0) is 71.0 Å². The van der Waals surface area contributed by atoms with Gasteiger partial charge in [-0.2, -0.15) is 5.10 Å². The van der Waals surface area contributed by atoms with Crippen molar-refractivity contribution < 1.29 is 9.47 Å². The molecule has 0 radical (unpaired) electrons. The predicted molar refractivity (Wildman–Crippen MR) is 202 cm³/mol. The highest BCUT2D eigenvalue weighted by Crippen LogP contribution is 2.45. The average molecular weight is 687 g/mol. The number of thiophene rings is 1. The zero-order chi connectivity index (χ0) is 33.5. The molecule has 242 valence electrons. The molecule has 1 aliphatic heterocycles. The van der Waals surface area contributed by atoms with E-state index in [2.05, 4.69) is 150 Å². The first-order valence-corrected chi connectivity index (χ1v) is 18.3. The van der Waals surface area contributed by atoms with Crippen LogP contribution in [0.5, 0.6) is 11.5 Å². The monoisotopic (exact) mass is 686 g/mol. The Labute approximate surface area is 298 Å². The number of aromatic nitrogens is 4. The normalized spacial score (nSPS) is 12.4. The number of hydrogen-bond donors (Lipinski definition) is 0. The van der Waals surface area contributed by atoms with Gasteiger partial charge < -0.3 is 9.47 Å². The van der Waals surface area contributed by atoms with E-state index in [0.717, 1.165) is 66.3 Å². The van der Waals surface area contributed by atoms with Crippen molar-refractivity contribution in [2.75, 3.05) is 13.0 Å². The van der Waals surface area contributed by atoms with E-state index in [9.17, 15) is 0 Å². The van der Waals surface area contributed by atoms with Crippen LogP contribution >= 0.6 is 23.1 Å². The number of fused-ring (bicyclic) bond motifs is 2. The van der Waals surface area contributed by atoms with Crippen LogP contribution in [-0.2, 0) is 5.54 Å². The Hall–Kier alpha value is -5.70. The predicted octanol–water partition coefficient (Wildman–Crippen LogP) is 10.2. The molecule has 0 saturated heterocycles.